The third-order valence-corrected chi connectivity index (χ3v) is 6.18. The summed E-state index contributed by atoms with van der Waals surface area (Å²) in [6.45, 7) is -0.0616. The van der Waals surface area contributed by atoms with Gasteiger partial charge in [-0.05, 0) is 22.3 Å². The van der Waals surface area contributed by atoms with E-state index in [1.165, 1.54) is 0 Å². The van der Waals surface area contributed by atoms with Crippen molar-refractivity contribution in [3.05, 3.63) is 144 Å². The van der Waals surface area contributed by atoms with E-state index < -0.39 is 0 Å². The van der Waals surface area contributed by atoms with Gasteiger partial charge in [0.25, 0.3) is 0 Å². The van der Waals surface area contributed by atoms with Gasteiger partial charge in [-0.15, -0.1) is 0 Å². The van der Waals surface area contributed by atoms with Crippen LogP contribution in [0, 0.1) is 0 Å². The number of hydrogen-bond donors (Lipinski definition) is 4. The number of benzene rings is 4. The molecule has 4 rings (SSSR count). The maximum Gasteiger partial charge on any atom is 0.0626 e. The zero-order chi connectivity index (χ0) is 23.6. The molecule has 0 saturated heterocycles. The molecule has 0 spiro atoms. The summed E-state index contributed by atoms with van der Waals surface area (Å²) in [5, 5.41) is 28.1. The van der Waals surface area contributed by atoms with E-state index in [0.29, 0.717) is 0 Å². The Morgan fingerprint density at radius 1 is 0.412 bits per heavy atom. The summed E-state index contributed by atoms with van der Waals surface area (Å²) in [7, 11) is 0. The molecule has 0 aliphatic heterocycles. The van der Waals surface area contributed by atoms with Crippen LogP contribution >= 0.6 is 0 Å². The van der Waals surface area contributed by atoms with E-state index in [2.05, 4.69) is 34.9 Å². The predicted molar refractivity (Wildman–Crippen MR) is 137 cm³/mol. The van der Waals surface area contributed by atoms with Crippen molar-refractivity contribution >= 4 is 0 Å². The minimum Gasteiger partial charge on any atom is -0.394 e. The van der Waals surface area contributed by atoms with Gasteiger partial charge in [-0.25, -0.2) is 0 Å². The molecule has 4 aromatic carbocycles. The van der Waals surface area contributed by atoms with Crippen LogP contribution in [0.2, 0.25) is 0 Å². The molecule has 4 nitrogen and oxygen atoms in total. The zero-order valence-electron chi connectivity index (χ0n) is 19.2. The van der Waals surface area contributed by atoms with Crippen LogP contribution in [0.4, 0.5) is 0 Å². The third kappa shape index (κ3) is 5.99. The van der Waals surface area contributed by atoms with E-state index in [-0.39, 0.29) is 37.4 Å². The monoisotopic (exact) mass is 452 g/mol. The first kappa shape index (κ1) is 23.9. The van der Waals surface area contributed by atoms with Gasteiger partial charge >= 0.3 is 0 Å². The van der Waals surface area contributed by atoms with Crippen molar-refractivity contribution in [2.45, 2.75) is 24.2 Å². The van der Waals surface area contributed by atoms with Gasteiger partial charge in [-0.2, -0.15) is 0 Å². The van der Waals surface area contributed by atoms with Crippen molar-refractivity contribution in [3.8, 4) is 0 Å². The summed E-state index contributed by atoms with van der Waals surface area (Å²) >= 11 is 0. The van der Waals surface area contributed by atoms with E-state index >= 15 is 0 Å². The summed E-state index contributed by atoms with van der Waals surface area (Å²) in [5.74, 6) is 0. The van der Waals surface area contributed by atoms with Gasteiger partial charge < -0.3 is 10.2 Å². The van der Waals surface area contributed by atoms with Crippen LogP contribution in [0.25, 0.3) is 0 Å². The molecule has 0 fully saturated rings. The molecule has 34 heavy (non-hydrogen) atoms. The lowest BCUT2D eigenvalue weighted by molar-refractivity contribution is 0.198. The van der Waals surface area contributed by atoms with Crippen LogP contribution in [0.3, 0.4) is 0 Å². The molecule has 174 valence electrons. The smallest absolute Gasteiger partial charge is 0.0626 e. The van der Waals surface area contributed by atoms with Gasteiger partial charge in [0, 0.05) is 0 Å². The summed E-state index contributed by atoms with van der Waals surface area (Å²) in [5.41, 5.74) is 4.25. The number of rotatable bonds is 11. The van der Waals surface area contributed by atoms with E-state index in [0.717, 1.165) is 22.3 Å². The molecule has 0 amide bonds. The second-order valence-electron chi connectivity index (χ2n) is 8.40. The number of aliphatic hydroxyl groups is 2. The summed E-state index contributed by atoms with van der Waals surface area (Å²) in [6, 6.07) is 39.7. The van der Waals surface area contributed by atoms with Gasteiger partial charge in [-0.1, -0.05) is 121 Å². The van der Waals surface area contributed by atoms with Crippen molar-refractivity contribution in [1.82, 2.24) is 10.6 Å². The Hall–Kier alpha value is -3.28. The molecule has 4 aromatic rings. The molecular weight excluding hydrogens is 420 g/mol. The molecule has 0 unspecified atom stereocenters. The highest BCUT2D eigenvalue weighted by Crippen LogP contribution is 2.33. The standard InChI is InChI=1S/C30H32N2O2/c33-21-27(23-13-5-1-6-14-23)31-29(25-17-9-3-10-18-25)30(26-19-11-4-12-20-26)32-28(22-34)24-15-7-2-8-16-24/h1-20,27-34H,21-22H2/t27-,28-,29-,30+/m0/s1. The summed E-state index contributed by atoms with van der Waals surface area (Å²) in [4.78, 5) is 0. The molecule has 0 aliphatic rings. The topological polar surface area (TPSA) is 64.5 Å². The summed E-state index contributed by atoms with van der Waals surface area (Å²) in [6.07, 6.45) is 0. The Labute approximate surface area is 201 Å². The molecule has 0 aliphatic carbocycles. The maximum absolute atomic E-state index is 10.3. The first-order valence-electron chi connectivity index (χ1n) is 11.7. The normalized spacial score (nSPS) is 14.8. The maximum atomic E-state index is 10.3. The van der Waals surface area contributed by atoms with E-state index in [4.69, 9.17) is 0 Å². The lowest BCUT2D eigenvalue weighted by Crippen LogP contribution is -2.40. The number of nitrogens with one attached hydrogen (secondary N) is 2. The highest BCUT2D eigenvalue weighted by atomic mass is 16.3. The average molecular weight is 453 g/mol. The zero-order valence-corrected chi connectivity index (χ0v) is 19.2. The first-order chi connectivity index (χ1) is 16.8. The van der Waals surface area contributed by atoms with Crippen molar-refractivity contribution in [2.75, 3.05) is 13.2 Å². The van der Waals surface area contributed by atoms with Crippen molar-refractivity contribution in [1.29, 1.82) is 0 Å². The predicted octanol–water partition coefficient (Wildman–Crippen LogP) is 5.12. The van der Waals surface area contributed by atoms with Crippen LogP contribution in [0.5, 0.6) is 0 Å². The van der Waals surface area contributed by atoms with Crippen LogP contribution in [-0.4, -0.2) is 23.4 Å². The van der Waals surface area contributed by atoms with Crippen LogP contribution in [0.1, 0.15) is 46.4 Å². The fourth-order valence-electron chi connectivity index (χ4n) is 4.40. The van der Waals surface area contributed by atoms with Crippen molar-refractivity contribution in [2.24, 2.45) is 0 Å². The van der Waals surface area contributed by atoms with Crippen LogP contribution in [-0.2, 0) is 0 Å². The third-order valence-electron chi connectivity index (χ3n) is 6.18. The fraction of sp³-hybridized carbons (Fsp3) is 0.200. The first-order valence-corrected chi connectivity index (χ1v) is 11.7. The number of hydrogen-bond acceptors (Lipinski definition) is 4. The van der Waals surface area contributed by atoms with Gasteiger partial charge in [-0.3, -0.25) is 10.6 Å². The van der Waals surface area contributed by atoms with E-state index in [9.17, 15) is 10.2 Å². The molecule has 0 radical (unpaired) electrons. The quantitative estimate of drug-likeness (QED) is 0.255. The minimum atomic E-state index is -0.247. The lowest BCUT2D eigenvalue weighted by atomic mass is 9.90. The molecule has 4 heteroatoms. The highest BCUT2D eigenvalue weighted by molar-refractivity contribution is 5.30. The Morgan fingerprint density at radius 3 is 0.941 bits per heavy atom. The lowest BCUT2D eigenvalue weighted by Gasteiger charge is -2.35. The molecule has 4 atom stereocenters. The Balaban J connectivity index is 1.75. The largest absolute Gasteiger partial charge is 0.394 e. The van der Waals surface area contributed by atoms with Gasteiger partial charge in [0.15, 0.2) is 0 Å². The Morgan fingerprint density at radius 2 is 0.676 bits per heavy atom. The molecule has 0 heterocycles. The minimum absolute atomic E-state index is 0.0308. The van der Waals surface area contributed by atoms with Crippen molar-refractivity contribution in [3.63, 3.8) is 0 Å². The molecule has 0 aromatic heterocycles. The Kier molecular flexibility index (Phi) is 8.60. The van der Waals surface area contributed by atoms with E-state index in [1.807, 2.05) is 97.1 Å². The molecule has 0 saturated carbocycles. The average Bonchev–Trinajstić information content (AvgIpc) is 2.92. The second kappa shape index (κ2) is 12.3. The highest BCUT2D eigenvalue weighted by Gasteiger charge is 2.29. The van der Waals surface area contributed by atoms with Crippen LogP contribution in [0.15, 0.2) is 121 Å². The number of aliphatic hydroxyl groups excluding tert-OH is 2. The van der Waals surface area contributed by atoms with Gasteiger partial charge in [0.05, 0.1) is 37.4 Å². The SMILES string of the molecule is OC[C@H](N[C@H](c1ccccc1)[C@@H](N[C@@H](CO)c1ccccc1)c1ccccc1)c1ccccc1. The fourth-order valence-corrected chi connectivity index (χ4v) is 4.40. The second-order valence-corrected chi connectivity index (χ2v) is 8.40. The Bertz CT molecular complexity index is 1000. The van der Waals surface area contributed by atoms with E-state index in [1.54, 1.807) is 0 Å². The van der Waals surface area contributed by atoms with Gasteiger partial charge in [0.2, 0.25) is 0 Å². The molecule has 0 bridgehead atoms. The van der Waals surface area contributed by atoms with Crippen molar-refractivity contribution < 1.29 is 10.2 Å². The van der Waals surface area contributed by atoms with Gasteiger partial charge in [0.1, 0.15) is 0 Å². The van der Waals surface area contributed by atoms with Crippen LogP contribution < -0.4 is 10.6 Å². The molecule has 4 N–H and O–H groups in total. The summed E-state index contributed by atoms with van der Waals surface area (Å²) < 4.78 is 0. The molecular formula is C30H32N2O2.